The van der Waals surface area contributed by atoms with Crippen LogP contribution < -0.4 is 0 Å². The van der Waals surface area contributed by atoms with Gasteiger partial charge in [-0.2, -0.15) is 0 Å². The second-order valence-electron chi connectivity index (χ2n) is 6.75. The molecule has 0 aromatic heterocycles. The minimum Gasteiger partial charge on any atom is -0.461 e. The Morgan fingerprint density at radius 3 is 1.76 bits per heavy atom. The Morgan fingerprint density at radius 1 is 0.793 bits per heavy atom. The molecule has 7 heteroatoms. The maximum absolute atomic E-state index is 12.5. The van der Waals surface area contributed by atoms with Crippen LogP contribution in [0, 0.1) is 0 Å². The average Bonchev–Trinajstić information content (AvgIpc) is 2.74. The highest BCUT2D eigenvalue weighted by atomic mass is 16.6. The first kappa shape index (κ1) is 21.9. The lowest BCUT2D eigenvalue weighted by molar-refractivity contribution is -0.149. The van der Waals surface area contributed by atoms with Crippen LogP contribution in [0.1, 0.15) is 17.5 Å². The number of nitrogens with zero attached hydrogens (tertiary/aromatic N) is 2. The van der Waals surface area contributed by atoms with Crippen molar-refractivity contribution in [3.8, 4) is 0 Å². The molecule has 2 amide bonds. The lowest BCUT2D eigenvalue weighted by Gasteiger charge is -2.28. The molecule has 0 saturated carbocycles. The summed E-state index contributed by atoms with van der Waals surface area (Å²) in [4.78, 5) is 39.7. The molecular weight excluding hydrogens is 372 g/mol. The molecule has 0 radical (unpaired) electrons. The molecule has 0 N–H and O–H groups in total. The standard InChI is InChI=1S/C22H26N2O5/c1-23(2)21(26)19(14-20(25)28-15-17-10-6-4-7-11-17)24(3)22(27)29-16-18-12-8-5-9-13-18/h4-13,19H,14-16H2,1-3H3. The molecule has 0 saturated heterocycles. The Kier molecular flexibility index (Phi) is 8.21. The van der Waals surface area contributed by atoms with E-state index in [2.05, 4.69) is 0 Å². The van der Waals surface area contributed by atoms with E-state index in [0.717, 1.165) is 16.0 Å². The second kappa shape index (κ2) is 10.8. The third kappa shape index (κ3) is 6.95. The van der Waals surface area contributed by atoms with Crippen molar-refractivity contribution in [1.82, 2.24) is 9.80 Å². The number of hydrogen-bond acceptors (Lipinski definition) is 5. The Balaban J connectivity index is 1.97. The van der Waals surface area contributed by atoms with E-state index in [-0.39, 0.29) is 25.5 Å². The fourth-order valence-electron chi connectivity index (χ4n) is 2.59. The van der Waals surface area contributed by atoms with Crippen LogP contribution >= 0.6 is 0 Å². The number of esters is 1. The summed E-state index contributed by atoms with van der Waals surface area (Å²) >= 11 is 0. The van der Waals surface area contributed by atoms with Crippen molar-refractivity contribution in [2.45, 2.75) is 25.7 Å². The second-order valence-corrected chi connectivity index (χ2v) is 6.75. The zero-order valence-corrected chi connectivity index (χ0v) is 16.9. The molecule has 1 unspecified atom stereocenters. The van der Waals surface area contributed by atoms with Gasteiger partial charge in [0.25, 0.3) is 0 Å². The first-order valence-electron chi connectivity index (χ1n) is 9.22. The highest BCUT2D eigenvalue weighted by molar-refractivity contribution is 5.89. The molecule has 0 bridgehead atoms. The van der Waals surface area contributed by atoms with Crippen molar-refractivity contribution in [2.75, 3.05) is 21.1 Å². The quantitative estimate of drug-likeness (QED) is 0.639. The van der Waals surface area contributed by atoms with Gasteiger partial charge in [-0.1, -0.05) is 60.7 Å². The molecule has 2 aromatic carbocycles. The maximum atomic E-state index is 12.5. The first-order valence-corrected chi connectivity index (χ1v) is 9.22. The van der Waals surface area contributed by atoms with E-state index in [1.807, 2.05) is 60.7 Å². The molecule has 0 aliphatic heterocycles. The van der Waals surface area contributed by atoms with Crippen molar-refractivity contribution in [1.29, 1.82) is 0 Å². The number of hydrogen-bond donors (Lipinski definition) is 0. The molecule has 1 atom stereocenters. The molecule has 0 spiro atoms. The summed E-state index contributed by atoms with van der Waals surface area (Å²) in [5.74, 6) is -0.961. The van der Waals surface area contributed by atoms with Crippen LogP contribution in [0.5, 0.6) is 0 Å². The fraction of sp³-hybridized carbons (Fsp3) is 0.318. The third-order valence-corrected chi connectivity index (χ3v) is 4.29. The van der Waals surface area contributed by atoms with E-state index in [9.17, 15) is 14.4 Å². The van der Waals surface area contributed by atoms with E-state index in [4.69, 9.17) is 9.47 Å². The monoisotopic (exact) mass is 398 g/mol. The Bertz CT molecular complexity index is 808. The summed E-state index contributed by atoms with van der Waals surface area (Å²) in [6.07, 6.45) is -0.953. The van der Waals surface area contributed by atoms with E-state index < -0.39 is 18.1 Å². The van der Waals surface area contributed by atoms with Crippen molar-refractivity contribution in [3.63, 3.8) is 0 Å². The minimum absolute atomic E-state index is 0.0747. The van der Waals surface area contributed by atoms with Crippen LogP contribution in [0.2, 0.25) is 0 Å². The van der Waals surface area contributed by atoms with Gasteiger partial charge in [0, 0.05) is 21.1 Å². The lowest BCUT2D eigenvalue weighted by Crippen LogP contribution is -2.48. The Morgan fingerprint density at radius 2 is 1.28 bits per heavy atom. The number of carbonyl (C=O) groups is 3. The molecule has 2 rings (SSSR count). The van der Waals surface area contributed by atoms with Crippen LogP contribution in [0.3, 0.4) is 0 Å². The zero-order valence-electron chi connectivity index (χ0n) is 16.9. The number of likely N-dealkylation sites (N-methyl/N-ethyl adjacent to an activating group) is 2. The normalized spacial score (nSPS) is 11.3. The molecule has 0 heterocycles. The van der Waals surface area contributed by atoms with Crippen molar-refractivity contribution >= 4 is 18.0 Å². The van der Waals surface area contributed by atoms with E-state index >= 15 is 0 Å². The molecule has 2 aromatic rings. The summed E-state index contributed by atoms with van der Waals surface area (Å²) in [6.45, 7) is 0.177. The molecule has 0 aliphatic carbocycles. The highest BCUT2D eigenvalue weighted by Crippen LogP contribution is 2.11. The van der Waals surface area contributed by atoms with E-state index in [1.54, 1.807) is 14.1 Å². The number of benzene rings is 2. The number of carbonyl (C=O) groups excluding carboxylic acids is 3. The molecule has 0 fully saturated rings. The van der Waals surface area contributed by atoms with Crippen LogP contribution in [-0.2, 0) is 32.3 Å². The summed E-state index contributed by atoms with van der Waals surface area (Å²) < 4.78 is 10.5. The first-order chi connectivity index (χ1) is 13.9. The summed E-state index contributed by atoms with van der Waals surface area (Å²) in [5, 5.41) is 0. The van der Waals surface area contributed by atoms with E-state index in [0.29, 0.717) is 0 Å². The molecule has 7 nitrogen and oxygen atoms in total. The predicted molar refractivity (Wildman–Crippen MR) is 108 cm³/mol. The Hall–Kier alpha value is -3.35. The van der Waals surface area contributed by atoms with Gasteiger partial charge < -0.3 is 14.4 Å². The van der Waals surface area contributed by atoms with Crippen LogP contribution in [0.15, 0.2) is 60.7 Å². The van der Waals surface area contributed by atoms with Crippen LogP contribution in [-0.4, -0.2) is 55.0 Å². The lowest BCUT2D eigenvalue weighted by atomic mass is 10.1. The van der Waals surface area contributed by atoms with Gasteiger partial charge in [-0.15, -0.1) is 0 Å². The largest absolute Gasteiger partial charge is 0.461 e. The summed E-state index contributed by atoms with van der Waals surface area (Å²) in [7, 11) is 4.56. The van der Waals surface area contributed by atoms with Gasteiger partial charge in [-0.05, 0) is 11.1 Å². The van der Waals surface area contributed by atoms with Gasteiger partial charge in [0.2, 0.25) is 5.91 Å². The van der Waals surface area contributed by atoms with Gasteiger partial charge in [0.1, 0.15) is 19.3 Å². The van der Waals surface area contributed by atoms with Gasteiger partial charge in [-0.25, -0.2) is 4.79 Å². The van der Waals surface area contributed by atoms with Crippen molar-refractivity contribution < 1.29 is 23.9 Å². The summed E-state index contributed by atoms with van der Waals surface area (Å²) in [6, 6.07) is 17.4. The molecule has 154 valence electrons. The van der Waals surface area contributed by atoms with Crippen molar-refractivity contribution in [2.24, 2.45) is 0 Å². The average molecular weight is 398 g/mol. The van der Waals surface area contributed by atoms with Gasteiger partial charge in [0.15, 0.2) is 0 Å². The maximum Gasteiger partial charge on any atom is 0.410 e. The van der Waals surface area contributed by atoms with Gasteiger partial charge in [0.05, 0.1) is 6.42 Å². The van der Waals surface area contributed by atoms with E-state index in [1.165, 1.54) is 11.9 Å². The number of ether oxygens (including phenoxy) is 2. The minimum atomic E-state index is -1.02. The third-order valence-electron chi connectivity index (χ3n) is 4.29. The van der Waals surface area contributed by atoms with Gasteiger partial charge >= 0.3 is 12.1 Å². The topological polar surface area (TPSA) is 76.2 Å². The van der Waals surface area contributed by atoms with Crippen LogP contribution in [0.4, 0.5) is 4.79 Å². The highest BCUT2D eigenvalue weighted by Gasteiger charge is 2.32. The summed E-state index contributed by atoms with van der Waals surface area (Å²) in [5.41, 5.74) is 1.67. The molecule has 29 heavy (non-hydrogen) atoms. The van der Waals surface area contributed by atoms with Crippen LogP contribution in [0.25, 0.3) is 0 Å². The Labute approximate surface area is 170 Å². The van der Waals surface area contributed by atoms with Gasteiger partial charge in [-0.3, -0.25) is 14.5 Å². The zero-order chi connectivity index (χ0) is 21.2. The smallest absolute Gasteiger partial charge is 0.410 e. The number of rotatable bonds is 8. The SMILES string of the molecule is CN(C)C(=O)C(CC(=O)OCc1ccccc1)N(C)C(=O)OCc1ccccc1. The molecular formula is C22H26N2O5. The number of amides is 2. The molecule has 0 aliphatic rings. The predicted octanol–water partition coefficient (Wildman–Crippen LogP) is 2.85. The van der Waals surface area contributed by atoms with Crippen molar-refractivity contribution in [3.05, 3.63) is 71.8 Å². The fourth-order valence-corrected chi connectivity index (χ4v) is 2.59.